The Bertz CT molecular complexity index is 720. The van der Waals surface area contributed by atoms with E-state index in [2.05, 4.69) is 11.5 Å². The second-order valence-corrected chi connectivity index (χ2v) is 6.81. The zero-order valence-electron chi connectivity index (χ0n) is 12.4. The predicted octanol–water partition coefficient (Wildman–Crippen LogP) is 3.92. The van der Waals surface area contributed by atoms with Crippen molar-refractivity contribution in [2.45, 2.75) is 39.7 Å². The lowest BCUT2D eigenvalue weighted by Crippen LogP contribution is -2.05. The van der Waals surface area contributed by atoms with Gasteiger partial charge in [-0.3, -0.25) is 4.79 Å². The van der Waals surface area contributed by atoms with Crippen LogP contribution in [0.5, 0.6) is 0 Å². The molecule has 0 radical (unpaired) electrons. The van der Waals surface area contributed by atoms with Gasteiger partial charge in [0.15, 0.2) is 0 Å². The maximum atomic E-state index is 11.4. The fourth-order valence-corrected chi connectivity index (χ4v) is 3.56. The molecule has 1 fully saturated rings. The average Bonchev–Trinajstić information content (AvgIpc) is 2.81. The highest BCUT2D eigenvalue weighted by molar-refractivity contribution is 6.31. The van der Waals surface area contributed by atoms with Gasteiger partial charge in [0.25, 0.3) is 0 Å². The van der Waals surface area contributed by atoms with Crippen LogP contribution in [0.25, 0.3) is 11.0 Å². The standard InChI is InChI=1S/C16H19ClN2O2/c1-4-7-19-11-6-5-9(17)8-10(11)18-14(19)12-13(15(20)21)16(12,2)3/h5-6,8,12-13H,4,7H2,1-3H3,(H,20,21). The van der Waals surface area contributed by atoms with Gasteiger partial charge >= 0.3 is 5.97 Å². The van der Waals surface area contributed by atoms with Crippen LogP contribution in [0.4, 0.5) is 0 Å². The minimum atomic E-state index is -0.738. The zero-order chi connectivity index (χ0) is 15.4. The molecular weight excluding hydrogens is 288 g/mol. The quantitative estimate of drug-likeness (QED) is 0.931. The Morgan fingerprint density at radius 2 is 2.19 bits per heavy atom. The van der Waals surface area contributed by atoms with Crippen LogP contribution in [-0.2, 0) is 11.3 Å². The fraction of sp³-hybridized carbons (Fsp3) is 0.500. The first-order valence-electron chi connectivity index (χ1n) is 7.26. The number of fused-ring (bicyclic) bond motifs is 1. The van der Waals surface area contributed by atoms with Crippen molar-refractivity contribution in [3.63, 3.8) is 0 Å². The van der Waals surface area contributed by atoms with E-state index in [1.807, 2.05) is 32.0 Å². The molecule has 0 aliphatic heterocycles. The molecule has 1 aliphatic rings. The number of hydrogen-bond acceptors (Lipinski definition) is 2. The Morgan fingerprint density at radius 3 is 2.76 bits per heavy atom. The summed E-state index contributed by atoms with van der Waals surface area (Å²) in [5.74, 6) is -0.252. The minimum Gasteiger partial charge on any atom is -0.481 e. The number of carbonyl (C=O) groups is 1. The van der Waals surface area contributed by atoms with Crippen molar-refractivity contribution in [3.05, 3.63) is 29.0 Å². The second kappa shape index (κ2) is 4.73. The smallest absolute Gasteiger partial charge is 0.307 e. The van der Waals surface area contributed by atoms with Gasteiger partial charge in [-0.05, 0) is 30.0 Å². The number of halogens is 1. The highest BCUT2D eigenvalue weighted by Crippen LogP contribution is 2.64. The molecule has 1 saturated carbocycles. The summed E-state index contributed by atoms with van der Waals surface area (Å²) >= 11 is 6.04. The molecule has 21 heavy (non-hydrogen) atoms. The average molecular weight is 307 g/mol. The van der Waals surface area contributed by atoms with Crippen molar-refractivity contribution in [2.75, 3.05) is 0 Å². The molecule has 1 aromatic carbocycles. The SMILES string of the molecule is CCCn1c(C2C(C(=O)O)C2(C)C)nc2cc(Cl)ccc21. The summed E-state index contributed by atoms with van der Waals surface area (Å²) in [6.07, 6.45) is 0.978. The number of aromatic nitrogens is 2. The van der Waals surface area contributed by atoms with E-state index in [0.29, 0.717) is 5.02 Å². The molecule has 1 aromatic heterocycles. The van der Waals surface area contributed by atoms with Gasteiger partial charge in [-0.2, -0.15) is 0 Å². The van der Waals surface area contributed by atoms with Crippen molar-refractivity contribution in [1.29, 1.82) is 0 Å². The van der Waals surface area contributed by atoms with Crippen LogP contribution in [-0.4, -0.2) is 20.6 Å². The van der Waals surface area contributed by atoms with Gasteiger partial charge in [0.05, 0.1) is 17.0 Å². The molecule has 1 aliphatic carbocycles. The van der Waals surface area contributed by atoms with Crippen molar-refractivity contribution in [2.24, 2.45) is 11.3 Å². The second-order valence-electron chi connectivity index (χ2n) is 6.37. The van der Waals surface area contributed by atoms with E-state index in [9.17, 15) is 9.90 Å². The lowest BCUT2D eigenvalue weighted by atomic mass is 10.1. The number of aliphatic carboxylic acids is 1. The van der Waals surface area contributed by atoms with Crippen molar-refractivity contribution in [3.8, 4) is 0 Å². The molecule has 3 rings (SSSR count). The Hall–Kier alpha value is -1.55. The monoisotopic (exact) mass is 306 g/mol. The molecule has 1 heterocycles. The molecule has 0 bridgehead atoms. The molecule has 112 valence electrons. The van der Waals surface area contributed by atoms with Gasteiger partial charge in [-0.25, -0.2) is 4.98 Å². The molecular formula is C16H19ClN2O2. The van der Waals surface area contributed by atoms with Crippen LogP contribution in [0.1, 0.15) is 38.9 Å². The van der Waals surface area contributed by atoms with Crippen LogP contribution in [0.3, 0.4) is 0 Å². The normalized spacial score (nSPS) is 23.4. The van der Waals surface area contributed by atoms with E-state index >= 15 is 0 Å². The third kappa shape index (κ3) is 2.13. The Balaban J connectivity index is 2.14. The zero-order valence-corrected chi connectivity index (χ0v) is 13.2. The van der Waals surface area contributed by atoms with E-state index in [0.717, 1.165) is 29.8 Å². The van der Waals surface area contributed by atoms with E-state index in [1.165, 1.54) is 0 Å². The maximum Gasteiger partial charge on any atom is 0.307 e. The molecule has 0 spiro atoms. The van der Waals surface area contributed by atoms with E-state index in [4.69, 9.17) is 16.6 Å². The third-order valence-corrected chi connectivity index (χ3v) is 4.79. The number of rotatable bonds is 4. The number of hydrogen-bond donors (Lipinski definition) is 1. The summed E-state index contributed by atoms with van der Waals surface area (Å²) in [4.78, 5) is 16.1. The van der Waals surface area contributed by atoms with Crippen molar-refractivity contribution in [1.82, 2.24) is 9.55 Å². The maximum absolute atomic E-state index is 11.4. The number of imidazole rings is 1. The first-order chi connectivity index (χ1) is 9.87. The minimum absolute atomic E-state index is 0.0345. The third-order valence-electron chi connectivity index (χ3n) is 4.56. The lowest BCUT2D eigenvalue weighted by Gasteiger charge is -2.08. The van der Waals surface area contributed by atoms with E-state index in [-0.39, 0.29) is 17.3 Å². The van der Waals surface area contributed by atoms with Crippen LogP contribution in [0.15, 0.2) is 18.2 Å². The van der Waals surface area contributed by atoms with E-state index in [1.54, 1.807) is 0 Å². The number of aryl methyl sites for hydroxylation is 1. The topological polar surface area (TPSA) is 55.1 Å². The van der Waals surface area contributed by atoms with E-state index < -0.39 is 5.97 Å². The summed E-state index contributed by atoms with van der Waals surface area (Å²) in [7, 11) is 0. The molecule has 4 nitrogen and oxygen atoms in total. The fourth-order valence-electron chi connectivity index (χ4n) is 3.40. The first kappa shape index (κ1) is 14.4. The Morgan fingerprint density at radius 1 is 1.48 bits per heavy atom. The van der Waals surface area contributed by atoms with Gasteiger partial charge < -0.3 is 9.67 Å². The molecule has 2 atom stereocenters. The highest BCUT2D eigenvalue weighted by Gasteiger charge is 2.64. The number of nitrogens with zero attached hydrogens (tertiary/aromatic N) is 2. The first-order valence-corrected chi connectivity index (χ1v) is 7.64. The molecule has 0 amide bonds. The largest absolute Gasteiger partial charge is 0.481 e. The highest BCUT2D eigenvalue weighted by atomic mass is 35.5. The summed E-state index contributed by atoms with van der Waals surface area (Å²) in [5.41, 5.74) is 1.63. The van der Waals surface area contributed by atoms with Crippen molar-refractivity contribution >= 4 is 28.6 Å². The van der Waals surface area contributed by atoms with Gasteiger partial charge in [0.2, 0.25) is 0 Å². The van der Waals surface area contributed by atoms with Crippen molar-refractivity contribution < 1.29 is 9.90 Å². The number of benzene rings is 1. The molecule has 1 N–H and O–H groups in total. The lowest BCUT2D eigenvalue weighted by molar-refractivity contribution is -0.139. The Labute approximate surface area is 128 Å². The van der Waals surface area contributed by atoms with Crippen LogP contribution < -0.4 is 0 Å². The molecule has 2 unspecified atom stereocenters. The molecule has 2 aromatic rings. The molecule has 0 saturated heterocycles. The summed E-state index contributed by atoms with van der Waals surface area (Å²) in [6.45, 7) is 6.95. The van der Waals surface area contributed by atoms with Crippen LogP contribution >= 0.6 is 11.6 Å². The van der Waals surface area contributed by atoms with Gasteiger partial charge in [-0.15, -0.1) is 0 Å². The summed E-state index contributed by atoms with van der Waals surface area (Å²) in [6, 6.07) is 5.67. The molecule has 5 heteroatoms. The van der Waals surface area contributed by atoms with Gasteiger partial charge in [-0.1, -0.05) is 32.4 Å². The van der Waals surface area contributed by atoms with Crippen LogP contribution in [0, 0.1) is 11.3 Å². The van der Waals surface area contributed by atoms with Crippen LogP contribution in [0.2, 0.25) is 5.02 Å². The predicted molar refractivity (Wildman–Crippen MR) is 82.7 cm³/mol. The van der Waals surface area contributed by atoms with Gasteiger partial charge in [0, 0.05) is 17.5 Å². The number of carboxylic acids is 1. The van der Waals surface area contributed by atoms with Gasteiger partial charge in [0.1, 0.15) is 5.82 Å². The number of carboxylic acid groups (broad SMARTS) is 1. The summed E-state index contributed by atoms with van der Waals surface area (Å²) in [5, 5.41) is 10.1. The summed E-state index contributed by atoms with van der Waals surface area (Å²) < 4.78 is 2.15. The Kier molecular flexibility index (Phi) is 3.24.